The van der Waals surface area contributed by atoms with E-state index in [-0.39, 0.29) is 5.91 Å². The zero-order valence-corrected chi connectivity index (χ0v) is 8.02. The number of rotatable bonds is 1. The van der Waals surface area contributed by atoms with E-state index in [1.54, 1.807) is 0 Å². The van der Waals surface area contributed by atoms with Gasteiger partial charge in [-0.3, -0.25) is 4.79 Å². The first kappa shape index (κ1) is 8.04. The van der Waals surface area contributed by atoms with E-state index in [9.17, 15) is 4.79 Å². The maximum atomic E-state index is 11.9. The largest absolute Gasteiger partial charge is 0.338 e. The minimum absolute atomic E-state index is 0.206. The molecule has 0 bridgehead atoms. The van der Waals surface area contributed by atoms with Crippen molar-refractivity contribution < 1.29 is 4.79 Å². The SMILES string of the molecule is O=C(c1ccccc1)N1CC2C[C@@H]2C1. The Balaban J connectivity index is 1.77. The highest BCUT2D eigenvalue weighted by atomic mass is 16.2. The number of benzene rings is 1. The summed E-state index contributed by atoms with van der Waals surface area (Å²) in [7, 11) is 0. The molecule has 2 nitrogen and oxygen atoms in total. The Morgan fingerprint density at radius 1 is 1.14 bits per heavy atom. The van der Waals surface area contributed by atoms with E-state index in [4.69, 9.17) is 0 Å². The van der Waals surface area contributed by atoms with Gasteiger partial charge < -0.3 is 4.90 Å². The molecule has 1 amide bonds. The van der Waals surface area contributed by atoms with Gasteiger partial charge in [-0.25, -0.2) is 0 Å². The summed E-state index contributed by atoms with van der Waals surface area (Å²) in [5.74, 6) is 1.85. The van der Waals surface area contributed by atoms with Gasteiger partial charge >= 0.3 is 0 Å². The molecule has 1 saturated carbocycles. The van der Waals surface area contributed by atoms with Crippen LogP contribution in [0.3, 0.4) is 0 Å². The quantitative estimate of drug-likeness (QED) is 0.656. The van der Waals surface area contributed by atoms with Crippen LogP contribution in [0.1, 0.15) is 16.8 Å². The summed E-state index contributed by atoms with van der Waals surface area (Å²) < 4.78 is 0. The van der Waals surface area contributed by atoms with E-state index in [0.717, 1.165) is 30.5 Å². The van der Waals surface area contributed by atoms with Crippen molar-refractivity contribution in [2.24, 2.45) is 11.8 Å². The third kappa shape index (κ3) is 1.22. The Morgan fingerprint density at radius 3 is 2.43 bits per heavy atom. The topological polar surface area (TPSA) is 20.3 Å². The number of hydrogen-bond acceptors (Lipinski definition) is 1. The summed E-state index contributed by atoms with van der Waals surface area (Å²) in [5.41, 5.74) is 0.828. The van der Waals surface area contributed by atoms with Crippen LogP contribution >= 0.6 is 0 Å². The van der Waals surface area contributed by atoms with Crippen LogP contribution in [0.2, 0.25) is 0 Å². The first-order valence-corrected chi connectivity index (χ1v) is 5.19. The lowest BCUT2D eigenvalue weighted by molar-refractivity contribution is 0.0775. The molecule has 1 aromatic carbocycles. The van der Waals surface area contributed by atoms with Crippen molar-refractivity contribution >= 4 is 5.91 Å². The minimum Gasteiger partial charge on any atom is -0.338 e. The number of hydrogen-bond donors (Lipinski definition) is 0. The molecule has 0 N–H and O–H groups in total. The number of piperidine rings is 1. The van der Waals surface area contributed by atoms with E-state index < -0.39 is 0 Å². The summed E-state index contributed by atoms with van der Waals surface area (Å²) in [6, 6.07) is 9.57. The lowest BCUT2D eigenvalue weighted by Crippen LogP contribution is -2.30. The Bertz CT molecular complexity index is 350. The summed E-state index contributed by atoms with van der Waals surface area (Å²) in [5, 5.41) is 0. The molecule has 1 aliphatic carbocycles. The molecule has 1 saturated heterocycles. The second kappa shape index (κ2) is 2.84. The van der Waals surface area contributed by atoms with Crippen LogP contribution in [0.4, 0.5) is 0 Å². The molecule has 3 rings (SSSR count). The highest BCUT2D eigenvalue weighted by Crippen LogP contribution is 2.45. The molecule has 1 aromatic rings. The lowest BCUT2D eigenvalue weighted by atomic mass is 10.2. The first-order chi connectivity index (χ1) is 6.84. The zero-order valence-electron chi connectivity index (χ0n) is 8.02. The number of amides is 1. The van der Waals surface area contributed by atoms with Gasteiger partial charge in [0.2, 0.25) is 0 Å². The van der Waals surface area contributed by atoms with Crippen LogP contribution in [-0.2, 0) is 0 Å². The fourth-order valence-electron chi connectivity index (χ4n) is 2.33. The molecule has 0 spiro atoms. The highest BCUT2D eigenvalue weighted by Gasteiger charge is 2.46. The molecule has 1 heterocycles. The molecule has 2 aliphatic rings. The molecule has 0 aromatic heterocycles. The van der Waals surface area contributed by atoms with Crippen LogP contribution in [0, 0.1) is 11.8 Å². The molecule has 2 fully saturated rings. The number of carbonyl (C=O) groups excluding carboxylic acids is 1. The van der Waals surface area contributed by atoms with Gasteiger partial charge in [0.25, 0.3) is 5.91 Å². The van der Waals surface area contributed by atoms with Crippen LogP contribution in [0.25, 0.3) is 0 Å². The van der Waals surface area contributed by atoms with E-state index in [0.29, 0.717) is 0 Å². The second-order valence-electron chi connectivity index (χ2n) is 4.33. The monoisotopic (exact) mass is 187 g/mol. The standard InChI is InChI=1S/C12H13NO/c14-12(9-4-2-1-3-5-9)13-7-10-6-11(10)8-13/h1-5,10-11H,6-8H2/t10-,11?/m1/s1. The van der Waals surface area contributed by atoms with Crippen molar-refractivity contribution in [2.45, 2.75) is 6.42 Å². The van der Waals surface area contributed by atoms with Gasteiger partial charge in [0.05, 0.1) is 0 Å². The van der Waals surface area contributed by atoms with Gasteiger partial charge in [-0.05, 0) is 30.4 Å². The Hall–Kier alpha value is -1.31. The van der Waals surface area contributed by atoms with Crippen LogP contribution in [0.15, 0.2) is 30.3 Å². The molecule has 2 heteroatoms. The predicted octanol–water partition coefficient (Wildman–Crippen LogP) is 1.78. The van der Waals surface area contributed by atoms with Crippen LogP contribution < -0.4 is 0 Å². The summed E-state index contributed by atoms with van der Waals surface area (Å²) in [6.45, 7) is 1.97. The molecule has 14 heavy (non-hydrogen) atoms. The van der Waals surface area contributed by atoms with Crippen LogP contribution in [0.5, 0.6) is 0 Å². The Morgan fingerprint density at radius 2 is 1.79 bits per heavy atom. The molecule has 0 radical (unpaired) electrons. The van der Waals surface area contributed by atoms with Crippen molar-refractivity contribution in [1.29, 1.82) is 0 Å². The third-order valence-electron chi connectivity index (χ3n) is 3.29. The van der Waals surface area contributed by atoms with Crippen LogP contribution in [-0.4, -0.2) is 23.9 Å². The van der Waals surface area contributed by atoms with Crippen molar-refractivity contribution in [1.82, 2.24) is 4.90 Å². The molecule has 72 valence electrons. The Kier molecular flexibility index (Phi) is 1.63. The third-order valence-corrected chi connectivity index (χ3v) is 3.29. The van der Waals surface area contributed by atoms with Gasteiger partial charge in [-0.2, -0.15) is 0 Å². The number of carbonyl (C=O) groups is 1. The number of nitrogens with zero attached hydrogens (tertiary/aromatic N) is 1. The zero-order chi connectivity index (χ0) is 9.54. The Labute approximate surface area is 83.5 Å². The molecular weight excluding hydrogens is 174 g/mol. The average molecular weight is 187 g/mol. The number of likely N-dealkylation sites (tertiary alicyclic amines) is 1. The van der Waals surface area contributed by atoms with Crippen molar-refractivity contribution in [3.05, 3.63) is 35.9 Å². The second-order valence-corrected chi connectivity index (χ2v) is 4.33. The van der Waals surface area contributed by atoms with E-state index >= 15 is 0 Å². The molecule has 1 aliphatic heterocycles. The number of fused-ring (bicyclic) bond motifs is 1. The lowest BCUT2D eigenvalue weighted by Gasteiger charge is -2.17. The summed E-state index contributed by atoms with van der Waals surface area (Å²) >= 11 is 0. The minimum atomic E-state index is 0.206. The molecule has 1 unspecified atom stereocenters. The predicted molar refractivity (Wildman–Crippen MR) is 53.9 cm³/mol. The first-order valence-electron chi connectivity index (χ1n) is 5.19. The van der Waals surface area contributed by atoms with Gasteiger partial charge in [0, 0.05) is 18.7 Å². The maximum Gasteiger partial charge on any atom is 0.253 e. The molecular formula is C12H13NO. The van der Waals surface area contributed by atoms with Crippen molar-refractivity contribution in [3.63, 3.8) is 0 Å². The van der Waals surface area contributed by atoms with E-state index in [1.807, 2.05) is 35.2 Å². The average Bonchev–Trinajstić information content (AvgIpc) is 2.86. The maximum absolute atomic E-state index is 11.9. The highest BCUT2D eigenvalue weighted by molar-refractivity contribution is 5.94. The van der Waals surface area contributed by atoms with Gasteiger partial charge in [0.1, 0.15) is 0 Å². The fourth-order valence-corrected chi connectivity index (χ4v) is 2.33. The normalized spacial score (nSPS) is 28.7. The van der Waals surface area contributed by atoms with E-state index in [2.05, 4.69) is 0 Å². The van der Waals surface area contributed by atoms with Crippen molar-refractivity contribution in [3.8, 4) is 0 Å². The summed E-state index contributed by atoms with van der Waals surface area (Å²) in [6.07, 6.45) is 1.35. The molecule has 2 atom stereocenters. The van der Waals surface area contributed by atoms with Gasteiger partial charge in [-0.15, -0.1) is 0 Å². The van der Waals surface area contributed by atoms with Gasteiger partial charge in [-0.1, -0.05) is 18.2 Å². The van der Waals surface area contributed by atoms with Gasteiger partial charge in [0.15, 0.2) is 0 Å². The van der Waals surface area contributed by atoms with Crippen molar-refractivity contribution in [2.75, 3.05) is 13.1 Å². The fraction of sp³-hybridized carbons (Fsp3) is 0.417. The van der Waals surface area contributed by atoms with E-state index in [1.165, 1.54) is 6.42 Å². The summed E-state index contributed by atoms with van der Waals surface area (Å²) in [4.78, 5) is 13.9. The smallest absolute Gasteiger partial charge is 0.253 e.